The van der Waals surface area contributed by atoms with Gasteiger partial charge in [-0.05, 0) is 57.3 Å². The van der Waals surface area contributed by atoms with Crippen LogP contribution in [0.2, 0.25) is 10.0 Å². The summed E-state index contributed by atoms with van der Waals surface area (Å²) in [4.78, 5) is 16.6. The first-order valence-corrected chi connectivity index (χ1v) is 9.19. The van der Waals surface area contributed by atoms with Gasteiger partial charge in [-0.2, -0.15) is 0 Å². The molecule has 1 aromatic heterocycles. The summed E-state index contributed by atoms with van der Waals surface area (Å²) in [5.74, 6) is 1.00. The molecule has 0 saturated carbocycles. The highest BCUT2D eigenvalue weighted by Crippen LogP contribution is 2.28. The third kappa shape index (κ3) is 4.88. The molecule has 6 nitrogen and oxygen atoms in total. The summed E-state index contributed by atoms with van der Waals surface area (Å²) in [5.41, 5.74) is 0.531. The lowest BCUT2D eigenvalue weighted by molar-refractivity contribution is 0.0940. The number of benzene rings is 1. The van der Waals surface area contributed by atoms with Gasteiger partial charge in [0.25, 0.3) is 5.91 Å². The van der Waals surface area contributed by atoms with Crippen molar-refractivity contribution in [1.29, 1.82) is 0 Å². The fourth-order valence-electron chi connectivity index (χ4n) is 3.03. The van der Waals surface area contributed by atoms with E-state index in [-0.39, 0.29) is 24.1 Å². The van der Waals surface area contributed by atoms with E-state index in [4.69, 9.17) is 23.2 Å². The van der Waals surface area contributed by atoms with E-state index in [0.29, 0.717) is 34.0 Å². The second-order valence-corrected chi connectivity index (χ2v) is 7.04. The first-order valence-electron chi connectivity index (χ1n) is 8.43. The summed E-state index contributed by atoms with van der Waals surface area (Å²) < 4.78 is 1.50. The van der Waals surface area contributed by atoms with Crippen LogP contribution in [0.3, 0.4) is 0 Å². The van der Waals surface area contributed by atoms with Crippen molar-refractivity contribution in [3.63, 3.8) is 0 Å². The van der Waals surface area contributed by atoms with Gasteiger partial charge in [-0.1, -0.05) is 29.3 Å². The summed E-state index contributed by atoms with van der Waals surface area (Å²) >= 11 is 12.4. The Bertz CT molecular complexity index is 739. The van der Waals surface area contributed by atoms with Crippen LogP contribution in [0, 0.1) is 12.8 Å². The second kappa shape index (κ2) is 9.55. The molecule has 142 valence electrons. The molecule has 1 aromatic carbocycles. The van der Waals surface area contributed by atoms with E-state index < -0.39 is 0 Å². The number of amides is 1. The van der Waals surface area contributed by atoms with Gasteiger partial charge in [0.15, 0.2) is 0 Å². The molecular weight excluding hydrogens is 397 g/mol. The molecule has 1 aliphatic heterocycles. The predicted octanol–water partition coefficient (Wildman–Crippen LogP) is 3.42. The van der Waals surface area contributed by atoms with Gasteiger partial charge in [-0.25, -0.2) is 9.67 Å². The second-order valence-electron chi connectivity index (χ2n) is 6.22. The molecule has 1 amide bonds. The van der Waals surface area contributed by atoms with Crippen LogP contribution in [-0.4, -0.2) is 40.3 Å². The molecule has 1 atom stereocenters. The molecule has 2 N–H and O–H groups in total. The van der Waals surface area contributed by atoms with Crippen molar-refractivity contribution in [3.05, 3.63) is 39.9 Å². The van der Waals surface area contributed by atoms with Crippen molar-refractivity contribution in [1.82, 2.24) is 25.4 Å². The number of hydrogen-bond acceptors (Lipinski definition) is 4. The van der Waals surface area contributed by atoms with Gasteiger partial charge in [0.2, 0.25) is 5.82 Å². The van der Waals surface area contributed by atoms with Crippen molar-refractivity contribution in [2.75, 3.05) is 19.6 Å². The molecule has 26 heavy (non-hydrogen) atoms. The Morgan fingerprint density at radius 3 is 2.77 bits per heavy atom. The van der Waals surface area contributed by atoms with Crippen LogP contribution in [0.15, 0.2) is 18.2 Å². The normalized spacial score (nSPS) is 16.8. The SMILES string of the molecule is Cc1nc(C(=O)NCCC2CCCNC2)nn1-c1c(Cl)cccc1Cl.Cl. The average Bonchev–Trinajstić information content (AvgIpc) is 2.97. The van der Waals surface area contributed by atoms with Crippen molar-refractivity contribution in [3.8, 4) is 5.69 Å². The smallest absolute Gasteiger partial charge is 0.290 e. The summed E-state index contributed by atoms with van der Waals surface area (Å²) in [7, 11) is 0. The quantitative estimate of drug-likeness (QED) is 0.780. The Hall–Kier alpha value is -1.34. The number of halogens is 3. The Labute approximate surface area is 169 Å². The van der Waals surface area contributed by atoms with Crippen molar-refractivity contribution in [2.24, 2.45) is 5.92 Å². The summed E-state index contributed by atoms with van der Waals surface area (Å²) in [6.07, 6.45) is 3.36. The van der Waals surface area contributed by atoms with Gasteiger partial charge >= 0.3 is 0 Å². The molecule has 1 saturated heterocycles. The van der Waals surface area contributed by atoms with E-state index in [0.717, 1.165) is 19.5 Å². The number of hydrogen-bond donors (Lipinski definition) is 2. The molecule has 0 bridgehead atoms. The topological polar surface area (TPSA) is 71.8 Å². The van der Waals surface area contributed by atoms with Crippen LogP contribution >= 0.6 is 35.6 Å². The molecule has 2 aromatic rings. The molecule has 0 radical (unpaired) electrons. The van der Waals surface area contributed by atoms with Crippen molar-refractivity contribution >= 4 is 41.5 Å². The number of carbonyl (C=O) groups is 1. The minimum atomic E-state index is -0.284. The van der Waals surface area contributed by atoms with E-state index in [2.05, 4.69) is 20.7 Å². The number of aromatic nitrogens is 3. The van der Waals surface area contributed by atoms with Crippen LogP contribution in [-0.2, 0) is 0 Å². The molecule has 3 rings (SSSR count). The molecule has 1 unspecified atom stereocenters. The van der Waals surface area contributed by atoms with Crippen LogP contribution < -0.4 is 10.6 Å². The average molecular weight is 419 g/mol. The van der Waals surface area contributed by atoms with Crippen LogP contribution in [0.5, 0.6) is 0 Å². The minimum Gasteiger partial charge on any atom is -0.349 e. The molecule has 1 aliphatic rings. The standard InChI is InChI=1S/C17H21Cl2N5O.ClH/c1-11-22-16(17(25)21-9-7-12-4-3-8-20-10-12)23-24(11)15-13(18)5-2-6-14(15)19;/h2,5-6,12,20H,3-4,7-10H2,1H3,(H,21,25);1H. The summed E-state index contributed by atoms with van der Waals surface area (Å²) in [5, 5.41) is 11.5. The van der Waals surface area contributed by atoms with Gasteiger partial charge in [-0.3, -0.25) is 4.79 Å². The summed E-state index contributed by atoms with van der Waals surface area (Å²) in [6.45, 7) is 4.49. The van der Waals surface area contributed by atoms with Gasteiger partial charge in [0.1, 0.15) is 11.5 Å². The largest absolute Gasteiger partial charge is 0.349 e. The van der Waals surface area contributed by atoms with Gasteiger partial charge in [-0.15, -0.1) is 17.5 Å². The number of para-hydroxylation sites is 1. The zero-order valence-electron chi connectivity index (χ0n) is 14.5. The number of nitrogens with zero attached hydrogens (tertiary/aromatic N) is 3. The highest BCUT2D eigenvalue weighted by molar-refractivity contribution is 6.37. The summed E-state index contributed by atoms with van der Waals surface area (Å²) in [6, 6.07) is 5.21. The van der Waals surface area contributed by atoms with Gasteiger partial charge in [0.05, 0.1) is 10.0 Å². The maximum absolute atomic E-state index is 12.3. The highest BCUT2D eigenvalue weighted by Gasteiger charge is 2.19. The Morgan fingerprint density at radius 1 is 1.38 bits per heavy atom. The monoisotopic (exact) mass is 417 g/mol. The maximum atomic E-state index is 12.3. The van der Waals surface area contributed by atoms with E-state index in [1.807, 2.05) is 0 Å². The van der Waals surface area contributed by atoms with Crippen LogP contribution in [0.1, 0.15) is 35.7 Å². The predicted molar refractivity (Wildman–Crippen MR) is 106 cm³/mol. The third-order valence-electron chi connectivity index (χ3n) is 4.36. The lowest BCUT2D eigenvalue weighted by Gasteiger charge is -2.22. The molecule has 0 aliphatic carbocycles. The molecular formula is C17H22Cl3N5O. The van der Waals surface area contributed by atoms with Crippen molar-refractivity contribution < 1.29 is 4.79 Å². The zero-order valence-corrected chi connectivity index (χ0v) is 16.8. The van der Waals surface area contributed by atoms with E-state index in [1.54, 1.807) is 25.1 Å². The lowest BCUT2D eigenvalue weighted by atomic mass is 9.96. The fraction of sp³-hybridized carbons (Fsp3) is 0.471. The van der Waals surface area contributed by atoms with Crippen molar-refractivity contribution in [2.45, 2.75) is 26.2 Å². The van der Waals surface area contributed by atoms with Crippen LogP contribution in [0.4, 0.5) is 0 Å². The van der Waals surface area contributed by atoms with Gasteiger partial charge < -0.3 is 10.6 Å². The number of piperidine rings is 1. The molecule has 2 heterocycles. The highest BCUT2D eigenvalue weighted by atomic mass is 35.5. The third-order valence-corrected chi connectivity index (χ3v) is 4.97. The van der Waals surface area contributed by atoms with E-state index in [9.17, 15) is 4.79 Å². The number of rotatable bonds is 5. The Balaban J connectivity index is 0.00000243. The molecule has 9 heteroatoms. The van der Waals surface area contributed by atoms with Crippen LogP contribution in [0.25, 0.3) is 5.69 Å². The zero-order chi connectivity index (χ0) is 17.8. The number of aryl methyl sites for hydroxylation is 1. The lowest BCUT2D eigenvalue weighted by Crippen LogP contribution is -2.33. The van der Waals surface area contributed by atoms with E-state index >= 15 is 0 Å². The van der Waals surface area contributed by atoms with E-state index in [1.165, 1.54) is 17.5 Å². The molecule has 0 spiro atoms. The Kier molecular flexibility index (Phi) is 7.70. The maximum Gasteiger partial charge on any atom is 0.290 e. The van der Waals surface area contributed by atoms with Gasteiger partial charge in [0, 0.05) is 6.54 Å². The first kappa shape index (κ1) is 21.0. The minimum absolute atomic E-state index is 0. The molecule has 1 fully saturated rings. The number of nitrogens with one attached hydrogen (secondary N) is 2. The number of carbonyl (C=O) groups excluding carboxylic acids is 1. The fourth-order valence-corrected chi connectivity index (χ4v) is 3.59. The first-order chi connectivity index (χ1) is 12.1. The Morgan fingerprint density at radius 2 is 2.12 bits per heavy atom.